The summed E-state index contributed by atoms with van der Waals surface area (Å²) < 4.78 is 23.8. The fourth-order valence-corrected chi connectivity index (χ4v) is 9.29. The summed E-state index contributed by atoms with van der Waals surface area (Å²) >= 11 is 0. The Morgan fingerprint density at radius 1 is 0.806 bits per heavy atom. The predicted molar refractivity (Wildman–Crippen MR) is 219 cm³/mol. The molecule has 0 saturated heterocycles. The molecule has 3 aromatic rings. The van der Waals surface area contributed by atoms with Crippen molar-refractivity contribution in [2.24, 2.45) is 16.7 Å². The molecule has 0 spiro atoms. The van der Waals surface area contributed by atoms with Crippen LogP contribution >= 0.6 is 0 Å². The molecule has 62 heavy (non-hydrogen) atoms. The Balaban J connectivity index is 1.55. The molecule has 15 nitrogen and oxygen atoms in total. The summed E-state index contributed by atoms with van der Waals surface area (Å²) in [6.07, 6.45) is -6.32. The molecule has 1 saturated carbocycles. The number of rotatable bonds is 11. The molecule has 3 aliphatic carbocycles. The van der Waals surface area contributed by atoms with E-state index >= 15 is 4.79 Å². The van der Waals surface area contributed by atoms with Gasteiger partial charge in [0.05, 0.1) is 24.1 Å². The number of aliphatic hydroxyl groups excluding tert-OH is 2. The highest BCUT2D eigenvalue weighted by Crippen LogP contribution is 2.61. The Morgan fingerprint density at radius 2 is 1.37 bits per heavy atom. The number of carbonyl (C=O) groups excluding carboxylic acids is 7. The first kappa shape index (κ1) is 45.2. The SMILES string of the molecule is CC(=O)O[C@H]1C(=O)[C@]2(C)C(=O)C=C[C@](CO)(OC(C)=O)[C@H]2[C@H](OC(=O)c2ccccc2)[C@]2(O)C[C@H](OC(=O)[C@H](O)[C@@H](NC(=O)c3ccccc3)c3ccccc3)C(C)=C1C2(C)C. The lowest BCUT2D eigenvalue weighted by molar-refractivity contribution is -0.238. The highest BCUT2D eigenvalue weighted by atomic mass is 16.6. The number of Topliss-reactive ketones (excluding diaryl/α,β-unsaturated/α-hetero) is 1. The average molecular weight is 852 g/mol. The average Bonchev–Trinajstić information content (AvgIpc) is 3.24. The first-order valence-corrected chi connectivity index (χ1v) is 20.0. The van der Waals surface area contributed by atoms with Gasteiger partial charge in [0.2, 0.25) is 0 Å². The van der Waals surface area contributed by atoms with E-state index in [0.717, 1.165) is 26.0 Å². The fraction of sp³-hybridized carbons (Fsp3) is 0.383. The van der Waals surface area contributed by atoms with Crippen LogP contribution in [0.25, 0.3) is 0 Å². The molecule has 3 aliphatic rings. The molecule has 3 aromatic carbocycles. The van der Waals surface area contributed by atoms with Gasteiger partial charge in [-0.05, 0) is 67.0 Å². The standard InChI is InChI=1S/C47H49NO14/c1-26-32(60-43(57)36(53)35(29-16-10-7-11-17-29)48-41(55)30-18-12-8-13-19-30)24-47(58)40(61-42(56)31-20-14-9-15-21-31)38-45(6,33(52)22-23-46(38,25-49)62-28(3)51)39(54)37(59-27(2)50)34(26)44(47,4)5/h7-23,32,35-38,40,49,53,58H,24-25H2,1-6H3,(H,48,55)/t32-,35-,36+,37+,38-,40-,45+,46+,47+/m0/s1. The molecule has 2 bridgehead atoms. The Kier molecular flexibility index (Phi) is 12.6. The van der Waals surface area contributed by atoms with E-state index < -0.39 is 113 Å². The van der Waals surface area contributed by atoms with Crippen molar-refractivity contribution >= 4 is 41.4 Å². The Morgan fingerprint density at radius 3 is 1.92 bits per heavy atom. The summed E-state index contributed by atoms with van der Waals surface area (Å²) in [6, 6.07) is 22.4. The minimum absolute atomic E-state index is 0.0140. The maximum atomic E-state index is 15.3. The number of nitrogens with one attached hydrogen (secondary N) is 1. The van der Waals surface area contributed by atoms with Crippen LogP contribution in [0.15, 0.2) is 114 Å². The van der Waals surface area contributed by atoms with Gasteiger partial charge in [0.25, 0.3) is 5.91 Å². The minimum atomic E-state index is -2.54. The van der Waals surface area contributed by atoms with Gasteiger partial charge in [-0.1, -0.05) is 80.6 Å². The van der Waals surface area contributed by atoms with Gasteiger partial charge < -0.3 is 39.6 Å². The van der Waals surface area contributed by atoms with Crippen LogP contribution in [0.5, 0.6) is 0 Å². The molecule has 0 aromatic heterocycles. The van der Waals surface area contributed by atoms with Crippen molar-refractivity contribution in [2.75, 3.05) is 6.61 Å². The van der Waals surface area contributed by atoms with Gasteiger partial charge >= 0.3 is 23.9 Å². The van der Waals surface area contributed by atoms with E-state index in [-0.39, 0.29) is 22.3 Å². The van der Waals surface area contributed by atoms with Gasteiger partial charge in [-0.2, -0.15) is 0 Å². The third-order valence-electron chi connectivity index (χ3n) is 12.5. The molecule has 326 valence electrons. The van der Waals surface area contributed by atoms with E-state index in [4.69, 9.17) is 18.9 Å². The summed E-state index contributed by atoms with van der Waals surface area (Å²) in [5.74, 6) is -8.80. The van der Waals surface area contributed by atoms with Crippen LogP contribution in [0, 0.1) is 16.7 Å². The number of fused-ring (bicyclic) bond motifs is 3. The fourth-order valence-electron chi connectivity index (χ4n) is 9.29. The molecular formula is C47H49NO14. The van der Waals surface area contributed by atoms with E-state index in [1.807, 2.05) is 0 Å². The molecule has 1 amide bonds. The number of ether oxygens (including phenoxy) is 4. The monoisotopic (exact) mass is 851 g/mol. The number of carbonyl (C=O) groups is 7. The normalized spacial score (nSPS) is 28.5. The lowest BCUT2D eigenvalue weighted by Gasteiger charge is -2.61. The van der Waals surface area contributed by atoms with Gasteiger partial charge in [0.1, 0.15) is 23.2 Å². The Labute approximate surface area is 357 Å². The summed E-state index contributed by atoms with van der Waals surface area (Å²) in [5, 5.41) is 39.2. The smallest absolute Gasteiger partial charge is 0.338 e. The molecular weight excluding hydrogens is 803 g/mol. The van der Waals surface area contributed by atoms with E-state index in [9.17, 15) is 44.1 Å². The second-order valence-electron chi connectivity index (χ2n) is 16.6. The van der Waals surface area contributed by atoms with Crippen molar-refractivity contribution in [3.05, 3.63) is 131 Å². The second-order valence-corrected chi connectivity index (χ2v) is 16.6. The molecule has 4 N–H and O–H groups in total. The number of hydrogen-bond acceptors (Lipinski definition) is 14. The topological polar surface area (TPSA) is 229 Å². The maximum absolute atomic E-state index is 15.3. The van der Waals surface area contributed by atoms with Crippen LogP contribution in [0.1, 0.15) is 80.3 Å². The van der Waals surface area contributed by atoms with E-state index in [2.05, 4.69) is 5.32 Å². The molecule has 0 radical (unpaired) electrons. The zero-order valence-electron chi connectivity index (χ0n) is 35.0. The van der Waals surface area contributed by atoms with Gasteiger partial charge in [0, 0.05) is 31.2 Å². The largest absolute Gasteiger partial charge is 0.456 e. The predicted octanol–water partition coefficient (Wildman–Crippen LogP) is 3.70. The molecule has 0 heterocycles. The third-order valence-corrected chi connectivity index (χ3v) is 12.5. The third kappa shape index (κ3) is 7.87. The zero-order valence-corrected chi connectivity index (χ0v) is 35.0. The molecule has 0 aliphatic heterocycles. The van der Waals surface area contributed by atoms with Crippen LogP contribution in [0.4, 0.5) is 0 Å². The second kappa shape index (κ2) is 17.2. The van der Waals surface area contributed by atoms with Crippen molar-refractivity contribution in [1.82, 2.24) is 5.32 Å². The molecule has 9 atom stereocenters. The number of hydrogen-bond donors (Lipinski definition) is 4. The zero-order chi connectivity index (χ0) is 45.4. The molecule has 0 unspecified atom stereocenters. The van der Waals surface area contributed by atoms with Crippen LogP contribution in [0.2, 0.25) is 0 Å². The summed E-state index contributed by atoms with van der Waals surface area (Å²) in [4.78, 5) is 97.3. The molecule has 1 fully saturated rings. The highest BCUT2D eigenvalue weighted by Gasteiger charge is 2.74. The van der Waals surface area contributed by atoms with E-state index in [1.165, 1.54) is 39.8 Å². The summed E-state index contributed by atoms with van der Waals surface area (Å²) in [5.41, 5.74) is -8.56. The van der Waals surface area contributed by atoms with Crippen LogP contribution in [-0.2, 0) is 42.9 Å². The number of allylic oxidation sites excluding steroid dienone is 1. The van der Waals surface area contributed by atoms with Crippen molar-refractivity contribution in [3.63, 3.8) is 0 Å². The number of benzene rings is 3. The first-order valence-electron chi connectivity index (χ1n) is 20.0. The number of aliphatic hydroxyl groups is 3. The van der Waals surface area contributed by atoms with Crippen molar-refractivity contribution in [3.8, 4) is 0 Å². The first-order chi connectivity index (χ1) is 29.2. The maximum Gasteiger partial charge on any atom is 0.338 e. The lowest BCUT2D eigenvalue weighted by atomic mass is 9.47. The number of ketones is 2. The number of amides is 1. The highest BCUT2D eigenvalue weighted by molar-refractivity contribution is 6.15. The van der Waals surface area contributed by atoms with Crippen LogP contribution < -0.4 is 5.32 Å². The van der Waals surface area contributed by atoms with Gasteiger partial charge in [-0.15, -0.1) is 0 Å². The van der Waals surface area contributed by atoms with E-state index in [1.54, 1.807) is 78.9 Å². The van der Waals surface area contributed by atoms with Crippen molar-refractivity contribution < 1.29 is 67.8 Å². The van der Waals surface area contributed by atoms with Gasteiger partial charge in [-0.25, -0.2) is 9.59 Å². The summed E-state index contributed by atoms with van der Waals surface area (Å²) in [6.45, 7) is 6.55. The van der Waals surface area contributed by atoms with Gasteiger partial charge in [-0.3, -0.25) is 24.0 Å². The van der Waals surface area contributed by atoms with Crippen molar-refractivity contribution in [2.45, 2.75) is 89.6 Å². The van der Waals surface area contributed by atoms with Crippen LogP contribution in [-0.4, -0.2) is 98.9 Å². The quantitative estimate of drug-likeness (QED) is 0.0934. The minimum Gasteiger partial charge on any atom is -0.456 e. The molecule has 15 heteroatoms. The Bertz CT molecular complexity index is 2330. The van der Waals surface area contributed by atoms with E-state index in [0.29, 0.717) is 5.56 Å². The molecule has 6 rings (SSSR count). The summed E-state index contributed by atoms with van der Waals surface area (Å²) in [7, 11) is 0. The lowest BCUT2D eigenvalue weighted by Crippen LogP contribution is -2.74. The number of esters is 4. The van der Waals surface area contributed by atoms with Crippen LogP contribution in [0.3, 0.4) is 0 Å². The Hall–Kier alpha value is -6.29. The van der Waals surface area contributed by atoms with Gasteiger partial charge in [0.15, 0.2) is 29.4 Å². The van der Waals surface area contributed by atoms with Crippen molar-refractivity contribution in [1.29, 1.82) is 0 Å².